The zero-order valence-corrected chi connectivity index (χ0v) is 15.4. The zero-order valence-electron chi connectivity index (χ0n) is 14.6. The van der Waals surface area contributed by atoms with Gasteiger partial charge < -0.3 is 10.1 Å². The lowest BCUT2D eigenvalue weighted by Crippen LogP contribution is -2.37. The van der Waals surface area contributed by atoms with Crippen LogP contribution in [0.3, 0.4) is 0 Å². The van der Waals surface area contributed by atoms with Crippen molar-refractivity contribution in [1.29, 1.82) is 0 Å². The zero-order chi connectivity index (χ0) is 18.2. The summed E-state index contributed by atoms with van der Waals surface area (Å²) in [4.78, 5) is 28.6. The minimum Gasteiger partial charge on any atom is -0.449 e. The monoisotopic (exact) mass is 358 g/mol. The lowest BCUT2D eigenvalue weighted by Gasteiger charge is -2.17. The smallest absolute Gasteiger partial charge is 0.341 e. The molecule has 0 aliphatic heterocycles. The third kappa shape index (κ3) is 5.32. The maximum Gasteiger partial charge on any atom is 0.341 e. The molecule has 0 unspecified atom stereocenters. The van der Waals surface area contributed by atoms with Gasteiger partial charge in [-0.1, -0.05) is 37.3 Å². The molecule has 25 heavy (non-hydrogen) atoms. The van der Waals surface area contributed by atoms with Gasteiger partial charge in [0.1, 0.15) is 5.03 Å². The average molecular weight is 358 g/mol. The third-order valence-corrected chi connectivity index (χ3v) is 4.50. The van der Waals surface area contributed by atoms with Crippen LogP contribution in [0, 0.1) is 0 Å². The summed E-state index contributed by atoms with van der Waals surface area (Å²) in [5.74, 6) is -0.684. The summed E-state index contributed by atoms with van der Waals surface area (Å²) in [7, 11) is 0. The van der Waals surface area contributed by atoms with Crippen molar-refractivity contribution in [3.05, 3.63) is 59.8 Å². The van der Waals surface area contributed by atoms with Gasteiger partial charge in [0.15, 0.2) is 6.10 Å². The molecule has 0 saturated heterocycles. The SMILES string of the molecule is CSc1ncccc1C(=O)O[C@@H](C)C(=O)NC[C@@H](C)c1ccccc1. The number of pyridine rings is 1. The van der Waals surface area contributed by atoms with Crippen LogP contribution >= 0.6 is 11.8 Å². The summed E-state index contributed by atoms with van der Waals surface area (Å²) in [5.41, 5.74) is 1.51. The predicted octanol–water partition coefficient (Wildman–Crippen LogP) is 3.27. The van der Waals surface area contributed by atoms with Crippen molar-refractivity contribution in [3.8, 4) is 0 Å². The fraction of sp³-hybridized carbons (Fsp3) is 0.316. The molecule has 1 N–H and O–H groups in total. The molecule has 0 radical (unpaired) electrons. The number of hydrogen-bond acceptors (Lipinski definition) is 5. The molecule has 0 aliphatic carbocycles. The third-order valence-electron chi connectivity index (χ3n) is 3.79. The van der Waals surface area contributed by atoms with Crippen molar-refractivity contribution in [1.82, 2.24) is 10.3 Å². The van der Waals surface area contributed by atoms with Crippen LogP contribution in [0.15, 0.2) is 53.7 Å². The largest absolute Gasteiger partial charge is 0.449 e. The van der Waals surface area contributed by atoms with Crippen LogP contribution in [0.2, 0.25) is 0 Å². The molecule has 1 heterocycles. The summed E-state index contributed by atoms with van der Waals surface area (Å²) < 4.78 is 5.27. The molecule has 2 aromatic rings. The Balaban J connectivity index is 1.88. The minimum absolute atomic E-state index is 0.175. The number of amides is 1. The van der Waals surface area contributed by atoms with Gasteiger partial charge >= 0.3 is 5.97 Å². The molecule has 5 nitrogen and oxygen atoms in total. The van der Waals surface area contributed by atoms with E-state index >= 15 is 0 Å². The lowest BCUT2D eigenvalue weighted by molar-refractivity contribution is -0.129. The minimum atomic E-state index is -0.870. The highest BCUT2D eigenvalue weighted by atomic mass is 32.2. The van der Waals surface area contributed by atoms with Crippen LogP contribution in [0.25, 0.3) is 0 Å². The Labute approximate surface area is 152 Å². The topological polar surface area (TPSA) is 68.3 Å². The Morgan fingerprint density at radius 3 is 2.56 bits per heavy atom. The van der Waals surface area contributed by atoms with Gasteiger partial charge in [-0.3, -0.25) is 4.79 Å². The molecule has 0 saturated carbocycles. The van der Waals surface area contributed by atoms with Crippen molar-refractivity contribution in [2.75, 3.05) is 12.8 Å². The molecular weight excluding hydrogens is 336 g/mol. The standard InChI is InChI=1S/C19H22N2O3S/c1-13(15-8-5-4-6-9-15)12-21-17(22)14(2)24-19(23)16-10-7-11-20-18(16)25-3/h4-11,13-14H,12H2,1-3H3,(H,21,22)/t13-,14+/m1/s1. The molecular formula is C19H22N2O3S. The van der Waals surface area contributed by atoms with Crippen molar-refractivity contribution >= 4 is 23.6 Å². The van der Waals surface area contributed by atoms with Gasteiger partial charge in [-0.2, -0.15) is 0 Å². The molecule has 1 aromatic carbocycles. The predicted molar refractivity (Wildman–Crippen MR) is 98.8 cm³/mol. The number of hydrogen-bond donors (Lipinski definition) is 1. The van der Waals surface area contributed by atoms with E-state index in [1.807, 2.05) is 43.5 Å². The van der Waals surface area contributed by atoms with Gasteiger partial charge in [0, 0.05) is 12.7 Å². The molecule has 1 aromatic heterocycles. The number of nitrogens with zero attached hydrogens (tertiary/aromatic N) is 1. The molecule has 2 rings (SSSR count). The molecule has 0 aliphatic rings. The van der Waals surface area contributed by atoms with Crippen LogP contribution in [-0.4, -0.2) is 35.8 Å². The van der Waals surface area contributed by atoms with Crippen molar-refractivity contribution < 1.29 is 14.3 Å². The van der Waals surface area contributed by atoms with E-state index in [0.29, 0.717) is 17.1 Å². The Hall–Kier alpha value is -2.34. The van der Waals surface area contributed by atoms with E-state index in [2.05, 4.69) is 10.3 Å². The van der Waals surface area contributed by atoms with Gasteiger partial charge in [0.05, 0.1) is 5.56 Å². The molecule has 132 valence electrons. The maximum absolute atomic E-state index is 12.2. The fourth-order valence-corrected chi connectivity index (χ4v) is 2.82. The van der Waals surface area contributed by atoms with E-state index in [1.165, 1.54) is 11.8 Å². The molecule has 1 amide bonds. The van der Waals surface area contributed by atoms with Gasteiger partial charge in [-0.05, 0) is 36.8 Å². The van der Waals surface area contributed by atoms with Crippen LogP contribution in [-0.2, 0) is 9.53 Å². The van der Waals surface area contributed by atoms with Crippen LogP contribution < -0.4 is 5.32 Å². The van der Waals surface area contributed by atoms with Crippen molar-refractivity contribution in [2.24, 2.45) is 0 Å². The van der Waals surface area contributed by atoms with Crippen LogP contribution in [0.5, 0.6) is 0 Å². The van der Waals surface area contributed by atoms with Crippen molar-refractivity contribution in [2.45, 2.75) is 30.9 Å². The summed E-state index contributed by atoms with van der Waals surface area (Å²) in [6, 6.07) is 13.2. The molecule has 6 heteroatoms. The second-order valence-corrected chi connectivity index (χ2v) is 6.46. The highest BCUT2D eigenvalue weighted by Gasteiger charge is 2.21. The molecule has 0 fully saturated rings. The first-order valence-corrected chi connectivity index (χ1v) is 9.28. The summed E-state index contributed by atoms with van der Waals surface area (Å²) >= 11 is 1.36. The van der Waals surface area contributed by atoms with Gasteiger partial charge in [-0.15, -0.1) is 11.8 Å². The first-order chi connectivity index (χ1) is 12.0. The van der Waals surface area contributed by atoms with Crippen LogP contribution in [0.4, 0.5) is 0 Å². The highest BCUT2D eigenvalue weighted by molar-refractivity contribution is 7.98. The van der Waals surface area contributed by atoms with Gasteiger partial charge in [0.2, 0.25) is 0 Å². The van der Waals surface area contributed by atoms with E-state index in [9.17, 15) is 9.59 Å². The van der Waals surface area contributed by atoms with E-state index in [1.54, 1.807) is 25.3 Å². The fourth-order valence-electron chi connectivity index (χ4n) is 2.28. The number of thioether (sulfide) groups is 1. The summed E-state index contributed by atoms with van der Waals surface area (Å²) in [5, 5.41) is 3.41. The number of benzene rings is 1. The number of carbonyl (C=O) groups is 2. The first kappa shape index (κ1) is 19.0. The molecule has 2 atom stereocenters. The van der Waals surface area contributed by atoms with E-state index in [-0.39, 0.29) is 11.8 Å². The molecule has 0 bridgehead atoms. The van der Waals surface area contributed by atoms with Gasteiger partial charge in [-0.25, -0.2) is 9.78 Å². The maximum atomic E-state index is 12.2. The van der Waals surface area contributed by atoms with E-state index < -0.39 is 12.1 Å². The molecule has 0 spiro atoms. The number of carbonyl (C=O) groups excluding carboxylic acids is 2. The van der Waals surface area contributed by atoms with Gasteiger partial charge in [0.25, 0.3) is 5.91 Å². The number of rotatable bonds is 7. The lowest BCUT2D eigenvalue weighted by atomic mass is 10.0. The average Bonchev–Trinajstić information content (AvgIpc) is 2.66. The first-order valence-electron chi connectivity index (χ1n) is 8.05. The highest BCUT2D eigenvalue weighted by Crippen LogP contribution is 2.18. The Kier molecular flexibility index (Phi) is 7.01. The second-order valence-electron chi connectivity index (χ2n) is 5.66. The quantitative estimate of drug-likeness (QED) is 0.608. The van der Waals surface area contributed by atoms with Crippen LogP contribution in [0.1, 0.15) is 35.7 Å². The number of ether oxygens (including phenoxy) is 1. The Bertz CT molecular complexity index is 722. The number of aromatic nitrogens is 1. The van der Waals surface area contributed by atoms with E-state index in [0.717, 1.165) is 5.56 Å². The summed E-state index contributed by atoms with van der Waals surface area (Å²) in [6.45, 7) is 4.08. The van der Waals surface area contributed by atoms with Crippen molar-refractivity contribution in [3.63, 3.8) is 0 Å². The summed E-state index contributed by atoms with van der Waals surface area (Å²) in [6.07, 6.45) is 2.58. The second kappa shape index (κ2) is 9.22. The number of esters is 1. The Morgan fingerprint density at radius 2 is 1.88 bits per heavy atom. The normalized spacial score (nSPS) is 12.9. The van der Waals surface area contributed by atoms with E-state index in [4.69, 9.17) is 4.74 Å². The number of nitrogens with one attached hydrogen (secondary N) is 1. The Morgan fingerprint density at radius 1 is 1.16 bits per heavy atom.